The maximum absolute atomic E-state index is 13.2. The third kappa shape index (κ3) is 4.11. The monoisotopic (exact) mass is 390 g/mol. The van der Waals surface area contributed by atoms with Gasteiger partial charge in [-0.1, -0.05) is 36.4 Å². The van der Waals surface area contributed by atoms with Gasteiger partial charge in [-0.15, -0.1) is 0 Å². The molecule has 3 aromatic rings. The highest BCUT2D eigenvalue weighted by atomic mass is 16.7. The first kappa shape index (κ1) is 18.7. The van der Waals surface area contributed by atoms with E-state index in [0.29, 0.717) is 22.9 Å². The minimum absolute atomic E-state index is 0.197. The SMILES string of the molecule is COc1ccc(C)cc1NC(=O)[C@@H](Nc1ccc2c(c1)OCO2)c1ccccc1. The van der Waals surface area contributed by atoms with Crippen LogP contribution in [0.4, 0.5) is 11.4 Å². The highest BCUT2D eigenvalue weighted by Crippen LogP contribution is 2.35. The van der Waals surface area contributed by atoms with Gasteiger partial charge in [0.25, 0.3) is 5.91 Å². The molecule has 0 spiro atoms. The van der Waals surface area contributed by atoms with Crippen LogP contribution in [0.15, 0.2) is 66.7 Å². The molecule has 0 bridgehead atoms. The van der Waals surface area contributed by atoms with Gasteiger partial charge in [0.15, 0.2) is 11.5 Å². The zero-order valence-corrected chi connectivity index (χ0v) is 16.3. The van der Waals surface area contributed by atoms with Gasteiger partial charge in [-0.25, -0.2) is 0 Å². The summed E-state index contributed by atoms with van der Waals surface area (Å²) < 4.78 is 16.2. The van der Waals surface area contributed by atoms with Gasteiger partial charge in [0.2, 0.25) is 6.79 Å². The smallest absolute Gasteiger partial charge is 0.251 e. The van der Waals surface area contributed by atoms with Gasteiger partial charge in [-0.3, -0.25) is 4.79 Å². The molecule has 0 aromatic heterocycles. The van der Waals surface area contributed by atoms with Crippen LogP contribution in [-0.2, 0) is 4.79 Å². The standard InChI is InChI=1S/C23H22N2O4/c1-15-8-10-19(27-2)18(12-15)25-23(26)22(16-6-4-3-5-7-16)24-17-9-11-20-21(13-17)29-14-28-20/h3-13,22,24H,14H2,1-2H3,(H,25,26)/t22-/m0/s1. The first-order valence-electron chi connectivity index (χ1n) is 9.30. The molecule has 1 aliphatic rings. The quantitative estimate of drug-likeness (QED) is 0.647. The first-order valence-corrected chi connectivity index (χ1v) is 9.30. The summed E-state index contributed by atoms with van der Waals surface area (Å²) in [7, 11) is 1.58. The number of aryl methyl sites for hydroxylation is 1. The third-order valence-electron chi connectivity index (χ3n) is 4.69. The van der Waals surface area contributed by atoms with Crippen molar-refractivity contribution in [3.63, 3.8) is 0 Å². The molecule has 1 atom stereocenters. The van der Waals surface area contributed by atoms with Gasteiger partial charge in [0.05, 0.1) is 12.8 Å². The Bertz CT molecular complexity index is 1020. The van der Waals surface area contributed by atoms with Crippen molar-refractivity contribution in [2.45, 2.75) is 13.0 Å². The predicted molar refractivity (Wildman–Crippen MR) is 112 cm³/mol. The minimum Gasteiger partial charge on any atom is -0.495 e. The molecule has 2 N–H and O–H groups in total. The molecule has 0 radical (unpaired) electrons. The van der Waals surface area contributed by atoms with E-state index in [4.69, 9.17) is 14.2 Å². The summed E-state index contributed by atoms with van der Waals surface area (Å²) in [6, 6.07) is 20.1. The van der Waals surface area contributed by atoms with Crippen LogP contribution in [0.25, 0.3) is 0 Å². The second-order valence-corrected chi connectivity index (χ2v) is 6.75. The second kappa shape index (κ2) is 8.14. The van der Waals surface area contributed by atoms with Gasteiger partial charge in [0, 0.05) is 11.8 Å². The lowest BCUT2D eigenvalue weighted by Crippen LogP contribution is -2.27. The minimum atomic E-state index is -0.609. The highest BCUT2D eigenvalue weighted by Gasteiger charge is 2.23. The Morgan fingerprint density at radius 2 is 1.79 bits per heavy atom. The Labute approximate surface area is 169 Å². The molecule has 6 nitrogen and oxygen atoms in total. The number of fused-ring (bicyclic) bond motifs is 1. The molecule has 6 heteroatoms. The number of carbonyl (C=O) groups is 1. The van der Waals surface area contributed by atoms with Crippen LogP contribution in [0.3, 0.4) is 0 Å². The number of hydrogen-bond donors (Lipinski definition) is 2. The van der Waals surface area contributed by atoms with Crippen molar-refractivity contribution in [2.75, 3.05) is 24.5 Å². The van der Waals surface area contributed by atoms with E-state index in [1.165, 1.54) is 0 Å². The van der Waals surface area contributed by atoms with E-state index < -0.39 is 6.04 Å². The molecular weight excluding hydrogens is 368 g/mol. The van der Waals surface area contributed by atoms with E-state index in [0.717, 1.165) is 16.8 Å². The summed E-state index contributed by atoms with van der Waals surface area (Å²) in [6.07, 6.45) is 0. The molecule has 148 valence electrons. The zero-order valence-electron chi connectivity index (χ0n) is 16.3. The van der Waals surface area contributed by atoms with Crippen LogP contribution < -0.4 is 24.8 Å². The molecule has 0 saturated heterocycles. The fourth-order valence-corrected chi connectivity index (χ4v) is 3.22. The molecular formula is C23H22N2O4. The molecule has 1 aliphatic heterocycles. The van der Waals surface area contributed by atoms with Crippen LogP contribution in [0.2, 0.25) is 0 Å². The lowest BCUT2D eigenvalue weighted by Gasteiger charge is -2.21. The maximum Gasteiger partial charge on any atom is 0.251 e. The van der Waals surface area contributed by atoms with Gasteiger partial charge in [-0.05, 0) is 42.3 Å². The van der Waals surface area contributed by atoms with E-state index in [1.807, 2.05) is 73.7 Å². The molecule has 3 aromatic carbocycles. The van der Waals surface area contributed by atoms with E-state index in [2.05, 4.69) is 10.6 Å². The Kier molecular flexibility index (Phi) is 5.24. The number of carbonyl (C=O) groups excluding carboxylic acids is 1. The van der Waals surface area contributed by atoms with Crippen molar-refractivity contribution >= 4 is 17.3 Å². The van der Waals surface area contributed by atoms with Crippen molar-refractivity contribution in [1.29, 1.82) is 0 Å². The topological polar surface area (TPSA) is 68.8 Å². The zero-order chi connectivity index (χ0) is 20.2. The fourth-order valence-electron chi connectivity index (χ4n) is 3.22. The normalized spacial score (nSPS) is 12.9. The van der Waals surface area contributed by atoms with Crippen LogP contribution in [0.1, 0.15) is 17.2 Å². The van der Waals surface area contributed by atoms with Crippen molar-refractivity contribution in [3.05, 3.63) is 77.9 Å². The molecule has 29 heavy (non-hydrogen) atoms. The molecule has 4 rings (SSSR count). The number of amides is 1. The molecule has 1 heterocycles. The van der Waals surface area contributed by atoms with Crippen LogP contribution in [-0.4, -0.2) is 19.8 Å². The number of ether oxygens (including phenoxy) is 3. The maximum atomic E-state index is 13.2. The summed E-state index contributed by atoms with van der Waals surface area (Å²) in [4.78, 5) is 13.2. The summed E-state index contributed by atoms with van der Waals surface area (Å²) in [5.41, 5.74) is 3.26. The lowest BCUT2D eigenvalue weighted by molar-refractivity contribution is -0.117. The molecule has 0 fully saturated rings. The van der Waals surface area contributed by atoms with Crippen LogP contribution in [0.5, 0.6) is 17.2 Å². The predicted octanol–water partition coefficient (Wildman–Crippen LogP) is 4.52. The molecule has 1 amide bonds. The van der Waals surface area contributed by atoms with Crippen molar-refractivity contribution < 1.29 is 19.0 Å². The Morgan fingerprint density at radius 1 is 1.00 bits per heavy atom. The molecule has 0 saturated carbocycles. The number of rotatable bonds is 6. The highest BCUT2D eigenvalue weighted by molar-refractivity contribution is 5.98. The first-order chi connectivity index (χ1) is 14.1. The lowest BCUT2D eigenvalue weighted by atomic mass is 10.1. The number of methoxy groups -OCH3 is 1. The van der Waals surface area contributed by atoms with Gasteiger partial charge >= 0.3 is 0 Å². The number of hydrogen-bond acceptors (Lipinski definition) is 5. The van der Waals surface area contributed by atoms with Crippen molar-refractivity contribution in [3.8, 4) is 17.2 Å². The van der Waals surface area contributed by atoms with Crippen molar-refractivity contribution in [1.82, 2.24) is 0 Å². The summed E-state index contributed by atoms with van der Waals surface area (Å²) >= 11 is 0. The molecule has 0 aliphatic carbocycles. The Balaban J connectivity index is 1.62. The second-order valence-electron chi connectivity index (χ2n) is 6.75. The Morgan fingerprint density at radius 3 is 2.59 bits per heavy atom. The summed E-state index contributed by atoms with van der Waals surface area (Å²) in [5, 5.41) is 6.30. The van der Waals surface area contributed by atoms with E-state index in [-0.39, 0.29) is 12.7 Å². The summed E-state index contributed by atoms with van der Waals surface area (Å²) in [5.74, 6) is 1.76. The number of anilines is 2. The van der Waals surface area contributed by atoms with Crippen LogP contribution in [0, 0.1) is 6.92 Å². The van der Waals surface area contributed by atoms with E-state index in [9.17, 15) is 4.79 Å². The van der Waals surface area contributed by atoms with Gasteiger partial charge < -0.3 is 24.8 Å². The van der Waals surface area contributed by atoms with E-state index >= 15 is 0 Å². The van der Waals surface area contributed by atoms with Gasteiger partial charge in [0.1, 0.15) is 11.8 Å². The average Bonchev–Trinajstić information content (AvgIpc) is 3.20. The van der Waals surface area contributed by atoms with E-state index in [1.54, 1.807) is 7.11 Å². The van der Waals surface area contributed by atoms with Crippen molar-refractivity contribution in [2.24, 2.45) is 0 Å². The largest absolute Gasteiger partial charge is 0.495 e. The number of nitrogens with one attached hydrogen (secondary N) is 2. The molecule has 0 unspecified atom stereocenters. The average molecular weight is 390 g/mol. The third-order valence-corrected chi connectivity index (χ3v) is 4.69. The van der Waals surface area contributed by atoms with Crippen LogP contribution >= 0.6 is 0 Å². The summed E-state index contributed by atoms with van der Waals surface area (Å²) in [6.45, 7) is 2.17. The number of benzene rings is 3. The fraction of sp³-hybridized carbons (Fsp3) is 0.174. The van der Waals surface area contributed by atoms with Gasteiger partial charge in [-0.2, -0.15) is 0 Å². The Hall–Kier alpha value is -3.67.